The number of pyridine rings is 1. The fraction of sp³-hybridized carbons (Fsp3) is 0.217. The minimum absolute atomic E-state index is 0.505. The van der Waals surface area contributed by atoms with Crippen molar-refractivity contribution in [2.75, 3.05) is 12.4 Å². The molecule has 0 aliphatic rings. The minimum atomic E-state index is 0.505. The van der Waals surface area contributed by atoms with Crippen LogP contribution in [-0.2, 0) is 6.54 Å². The number of aromatic nitrogens is 5. The van der Waals surface area contributed by atoms with Crippen LogP contribution in [0, 0.1) is 20.8 Å². The van der Waals surface area contributed by atoms with Crippen LogP contribution in [0.15, 0.2) is 55.0 Å². The maximum atomic E-state index is 5.50. The van der Waals surface area contributed by atoms with E-state index < -0.39 is 0 Å². The van der Waals surface area contributed by atoms with Crippen molar-refractivity contribution in [2.45, 2.75) is 27.3 Å². The van der Waals surface area contributed by atoms with Gasteiger partial charge in [0.25, 0.3) is 0 Å². The van der Waals surface area contributed by atoms with Gasteiger partial charge in [0.15, 0.2) is 5.82 Å². The molecular weight excluding hydrogens is 376 g/mol. The number of hydrogen-bond donors (Lipinski definition) is 1. The second-order valence-corrected chi connectivity index (χ2v) is 7.25. The summed E-state index contributed by atoms with van der Waals surface area (Å²) < 4.78 is 7.39. The molecule has 0 atom stereocenters. The van der Waals surface area contributed by atoms with Crippen molar-refractivity contribution in [3.63, 3.8) is 0 Å². The quantitative estimate of drug-likeness (QED) is 0.521. The summed E-state index contributed by atoms with van der Waals surface area (Å²) in [7, 11) is 1.61. The third kappa shape index (κ3) is 4.15. The van der Waals surface area contributed by atoms with Gasteiger partial charge in [-0.25, -0.2) is 9.97 Å². The molecule has 7 nitrogen and oxygen atoms in total. The summed E-state index contributed by atoms with van der Waals surface area (Å²) >= 11 is 0. The number of nitrogens with zero attached hydrogens (tertiary/aromatic N) is 5. The van der Waals surface area contributed by atoms with Gasteiger partial charge in [-0.3, -0.25) is 0 Å². The largest absolute Gasteiger partial charge is 0.479 e. The maximum absolute atomic E-state index is 5.50. The molecule has 0 radical (unpaired) electrons. The zero-order valence-electron chi connectivity index (χ0n) is 17.5. The van der Waals surface area contributed by atoms with Crippen LogP contribution in [0.1, 0.15) is 22.4 Å². The number of nitrogens with one attached hydrogen (secondary N) is 1. The highest BCUT2D eigenvalue weighted by Crippen LogP contribution is 2.26. The van der Waals surface area contributed by atoms with E-state index in [2.05, 4.69) is 56.7 Å². The number of aryl methyl sites for hydroxylation is 3. The average Bonchev–Trinajstić information content (AvgIpc) is 3.19. The first-order valence-electron chi connectivity index (χ1n) is 9.73. The molecule has 3 aromatic heterocycles. The molecule has 0 spiro atoms. The van der Waals surface area contributed by atoms with Crippen LogP contribution >= 0.6 is 0 Å². The van der Waals surface area contributed by atoms with Gasteiger partial charge in [0.2, 0.25) is 5.88 Å². The van der Waals surface area contributed by atoms with E-state index in [1.807, 2.05) is 42.8 Å². The van der Waals surface area contributed by atoms with Crippen LogP contribution < -0.4 is 10.1 Å². The number of imidazole rings is 1. The van der Waals surface area contributed by atoms with E-state index in [4.69, 9.17) is 4.74 Å². The molecule has 0 aliphatic heterocycles. The van der Waals surface area contributed by atoms with Crippen molar-refractivity contribution in [3.05, 3.63) is 77.4 Å². The monoisotopic (exact) mass is 400 g/mol. The van der Waals surface area contributed by atoms with Crippen LogP contribution in [0.4, 0.5) is 5.82 Å². The lowest BCUT2D eigenvalue weighted by Crippen LogP contribution is -2.05. The summed E-state index contributed by atoms with van der Waals surface area (Å²) in [5.74, 6) is 1.27. The molecule has 4 aromatic rings. The molecule has 3 heterocycles. The SMILES string of the molecule is COc1nc(-c2cc(C)c(NCc3ccc(C)cc3)nn2)ccc1-n1cnc(C)c1. The first kappa shape index (κ1) is 19.6. The molecule has 0 aliphatic carbocycles. The Morgan fingerprint density at radius 2 is 1.77 bits per heavy atom. The molecule has 0 bridgehead atoms. The molecule has 0 unspecified atom stereocenters. The van der Waals surface area contributed by atoms with Gasteiger partial charge < -0.3 is 14.6 Å². The highest BCUT2D eigenvalue weighted by Gasteiger charge is 2.12. The van der Waals surface area contributed by atoms with E-state index in [-0.39, 0.29) is 0 Å². The van der Waals surface area contributed by atoms with E-state index in [1.165, 1.54) is 11.1 Å². The van der Waals surface area contributed by atoms with Gasteiger partial charge in [0.05, 0.1) is 24.8 Å². The van der Waals surface area contributed by atoms with E-state index in [9.17, 15) is 0 Å². The highest BCUT2D eigenvalue weighted by molar-refractivity contribution is 5.61. The molecule has 1 N–H and O–H groups in total. The Morgan fingerprint density at radius 3 is 2.43 bits per heavy atom. The molecule has 4 rings (SSSR count). The lowest BCUT2D eigenvalue weighted by Gasteiger charge is -2.11. The second-order valence-electron chi connectivity index (χ2n) is 7.25. The first-order valence-corrected chi connectivity index (χ1v) is 9.73. The summed E-state index contributed by atoms with van der Waals surface area (Å²) in [5.41, 5.74) is 6.59. The molecule has 0 saturated carbocycles. The fourth-order valence-electron chi connectivity index (χ4n) is 3.15. The summed E-state index contributed by atoms with van der Waals surface area (Å²) in [6, 6.07) is 14.3. The Hall–Kier alpha value is -3.74. The van der Waals surface area contributed by atoms with E-state index in [0.29, 0.717) is 23.8 Å². The molecule has 152 valence electrons. The topological polar surface area (TPSA) is 77.8 Å². The Balaban J connectivity index is 1.55. The Labute approximate surface area is 175 Å². The van der Waals surface area contributed by atoms with Gasteiger partial charge in [-0.2, -0.15) is 0 Å². The highest BCUT2D eigenvalue weighted by atomic mass is 16.5. The Kier molecular flexibility index (Phi) is 5.43. The number of ether oxygens (including phenoxy) is 1. The van der Waals surface area contributed by atoms with E-state index >= 15 is 0 Å². The van der Waals surface area contributed by atoms with Crippen LogP contribution in [0.25, 0.3) is 17.1 Å². The van der Waals surface area contributed by atoms with Crippen molar-refractivity contribution in [3.8, 4) is 23.0 Å². The van der Waals surface area contributed by atoms with Crippen LogP contribution in [0.2, 0.25) is 0 Å². The van der Waals surface area contributed by atoms with Crippen molar-refractivity contribution >= 4 is 5.82 Å². The molecule has 30 heavy (non-hydrogen) atoms. The minimum Gasteiger partial charge on any atom is -0.479 e. The zero-order valence-corrected chi connectivity index (χ0v) is 17.5. The maximum Gasteiger partial charge on any atom is 0.238 e. The van der Waals surface area contributed by atoms with Crippen LogP contribution in [0.5, 0.6) is 5.88 Å². The van der Waals surface area contributed by atoms with Crippen molar-refractivity contribution in [1.82, 2.24) is 24.7 Å². The summed E-state index contributed by atoms with van der Waals surface area (Å²) in [6.07, 6.45) is 3.67. The zero-order chi connectivity index (χ0) is 21.1. The lowest BCUT2D eigenvalue weighted by molar-refractivity contribution is 0.396. The molecule has 7 heteroatoms. The number of hydrogen-bond acceptors (Lipinski definition) is 6. The van der Waals surface area contributed by atoms with Gasteiger partial charge >= 0.3 is 0 Å². The summed E-state index contributed by atoms with van der Waals surface area (Å²) in [5, 5.41) is 12.1. The molecule has 0 amide bonds. The van der Waals surface area contributed by atoms with Gasteiger partial charge in [-0.1, -0.05) is 29.8 Å². The van der Waals surface area contributed by atoms with Gasteiger partial charge in [-0.05, 0) is 50.1 Å². The lowest BCUT2D eigenvalue weighted by atomic mass is 10.1. The standard InChI is InChI=1S/C23H24N6O/c1-15-5-7-18(8-6-15)12-24-22-16(2)11-20(27-28-22)19-9-10-21(23(26-19)30-4)29-13-17(3)25-14-29/h5-11,13-14H,12H2,1-4H3,(H,24,28). The second kappa shape index (κ2) is 8.32. The van der Waals surface area contributed by atoms with Gasteiger partial charge in [0, 0.05) is 12.7 Å². The molecular formula is C23H24N6O. The third-order valence-electron chi connectivity index (χ3n) is 4.85. The van der Waals surface area contributed by atoms with Crippen molar-refractivity contribution < 1.29 is 4.74 Å². The molecule has 0 saturated heterocycles. The Morgan fingerprint density at radius 1 is 0.967 bits per heavy atom. The third-order valence-corrected chi connectivity index (χ3v) is 4.85. The van der Waals surface area contributed by atoms with Gasteiger partial charge in [-0.15, -0.1) is 10.2 Å². The van der Waals surface area contributed by atoms with Crippen molar-refractivity contribution in [1.29, 1.82) is 0 Å². The van der Waals surface area contributed by atoms with Crippen molar-refractivity contribution in [2.24, 2.45) is 0 Å². The van der Waals surface area contributed by atoms with E-state index in [0.717, 1.165) is 22.8 Å². The first-order chi connectivity index (χ1) is 14.5. The predicted octanol–water partition coefficient (Wildman–Crippen LogP) is 4.27. The molecule has 0 fully saturated rings. The number of benzene rings is 1. The normalized spacial score (nSPS) is 10.8. The smallest absolute Gasteiger partial charge is 0.238 e. The summed E-state index contributed by atoms with van der Waals surface area (Å²) in [6.45, 7) is 6.73. The van der Waals surface area contributed by atoms with E-state index in [1.54, 1.807) is 13.4 Å². The number of rotatable bonds is 6. The van der Waals surface area contributed by atoms with Crippen LogP contribution in [-0.4, -0.2) is 31.8 Å². The molecule has 1 aromatic carbocycles. The van der Waals surface area contributed by atoms with Gasteiger partial charge in [0.1, 0.15) is 11.4 Å². The number of methoxy groups -OCH3 is 1. The Bertz CT molecular complexity index is 1170. The summed E-state index contributed by atoms with van der Waals surface area (Å²) in [4.78, 5) is 8.89. The van der Waals surface area contributed by atoms with Crippen LogP contribution in [0.3, 0.4) is 0 Å². The fourth-order valence-corrected chi connectivity index (χ4v) is 3.15. The number of anilines is 1. The predicted molar refractivity (Wildman–Crippen MR) is 117 cm³/mol. The average molecular weight is 400 g/mol.